The van der Waals surface area contributed by atoms with E-state index in [1.807, 2.05) is 0 Å². The third-order valence-electron chi connectivity index (χ3n) is 3.79. The second-order valence-corrected chi connectivity index (χ2v) is 6.46. The molecule has 3 nitrogen and oxygen atoms in total. The summed E-state index contributed by atoms with van der Waals surface area (Å²) in [7, 11) is 0. The standard InChI is InChI=1S/C14H14Cl2N2O/c1-14(2)6-7(14)12-11(13(17)18-19-12)10-8(15)4-3-5-9(10)16/h3-5,7H,6H2,1-2H3,(H2,17,18). The molecule has 0 aliphatic heterocycles. The lowest BCUT2D eigenvalue weighted by Gasteiger charge is -2.08. The molecule has 1 heterocycles. The molecule has 1 aliphatic rings. The van der Waals surface area contributed by atoms with Crippen LogP contribution in [0.5, 0.6) is 0 Å². The number of nitrogen functional groups attached to an aromatic ring is 1. The Kier molecular flexibility index (Phi) is 2.80. The summed E-state index contributed by atoms with van der Waals surface area (Å²) in [6.07, 6.45) is 1.05. The van der Waals surface area contributed by atoms with E-state index in [9.17, 15) is 0 Å². The Morgan fingerprint density at radius 2 is 1.84 bits per heavy atom. The first-order chi connectivity index (χ1) is 8.92. The van der Waals surface area contributed by atoms with Crippen molar-refractivity contribution in [1.29, 1.82) is 0 Å². The highest BCUT2D eigenvalue weighted by atomic mass is 35.5. The minimum atomic E-state index is 0.217. The van der Waals surface area contributed by atoms with E-state index in [2.05, 4.69) is 19.0 Å². The van der Waals surface area contributed by atoms with Crippen LogP contribution in [0.2, 0.25) is 10.0 Å². The van der Waals surface area contributed by atoms with Gasteiger partial charge in [-0.05, 0) is 24.0 Å². The van der Waals surface area contributed by atoms with Gasteiger partial charge in [0.15, 0.2) is 11.6 Å². The maximum Gasteiger partial charge on any atom is 0.175 e. The first kappa shape index (κ1) is 12.8. The maximum atomic E-state index is 6.25. The summed E-state index contributed by atoms with van der Waals surface area (Å²) in [5.74, 6) is 1.45. The lowest BCUT2D eigenvalue weighted by molar-refractivity contribution is 0.376. The third-order valence-corrected chi connectivity index (χ3v) is 4.42. The van der Waals surface area contributed by atoms with Crippen molar-refractivity contribution >= 4 is 29.0 Å². The van der Waals surface area contributed by atoms with Gasteiger partial charge < -0.3 is 10.3 Å². The molecule has 2 N–H and O–H groups in total. The van der Waals surface area contributed by atoms with Gasteiger partial charge in [0.05, 0.1) is 15.6 Å². The molecule has 1 aromatic heterocycles. The summed E-state index contributed by atoms with van der Waals surface area (Å²) in [6, 6.07) is 5.38. The predicted octanol–water partition coefficient (Wildman–Crippen LogP) is 4.74. The molecule has 19 heavy (non-hydrogen) atoms. The van der Waals surface area contributed by atoms with Crippen LogP contribution in [0.25, 0.3) is 11.1 Å². The van der Waals surface area contributed by atoms with Crippen LogP contribution >= 0.6 is 23.2 Å². The van der Waals surface area contributed by atoms with Gasteiger partial charge in [-0.15, -0.1) is 0 Å². The van der Waals surface area contributed by atoms with Crippen molar-refractivity contribution in [2.24, 2.45) is 5.41 Å². The van der Waals surface area contributed by atoms with E-state index in [0.29, 0.717) is 27.3 Å². The van der Waals surface area contributed by atoms with Crippen LogP contribution in [0.3, 0.4) is 0 Å². The van der Waals surface area contributed by atoms with Crippen molar-refractivity contribution in [3.8, 4) is 11.1 Å². The molecule has 100 valence electrons. The Labute approximate surface area is 121 Å². The van der Waals surface area contributed by atoms with E-state index in [1.54, 1.807) is 18.2 Å². The zero-order chi connectivity index (χ0) is 13.8. The van der Waals surface area contributed by atoms with Gasteiger partial charge in [0.2, 0.25) is 0 Å². The second-order valence-electron chi connectivity index (χ2n) is 5.65. The number of hydrogen-bond donors (Lipinski definition) is 1. The van der Waals surface area contributed by atoms with Gasteiger partial charge in [0, 0.05) is 11.5 Å². The summed E-state index contributed by atoms with van der Waals surface area (Å²) >= 11 is 12.5. The number of halogens is 2. The van der Waals surface area contributed by atoms with Crippen molar-refractivity contribution in [3.63, 3.8) is 0 Å². The van der Waals surface area contributed by atoms with Crippen LogP contribution in [0.15, 0.2) is 22.7 Å². The number of aromatic nitrogens is 1. The van der Waals surface area contributed by atoms with Crippen molar-refractivity contribution in [3.05, 3.63) is 34.0 Å². The predicted molar refractivity (Wildman–Crippen MR) is 77.5 cm³/mol. The van der Waals surface area contributed by atoms with E-state index in [-0.39, 0.29) is 5.41 Å². The zero-order valence-electron chi connectivity index (χ0n) is 10.7. The van der Waals surface area contributed by atoms with Crippen LogP contribution in [0.1, 0.15) is 31.9 Å². The fraction of sp³-hybridized carbons (Fsp3) is 0.357. The number of hydrogen-bond acceptors (Lipinski definition) is 3. The van der Waals surface area contributed by atoms with Gasteiger partial charge in [-0.1, -0.05) is 48.3 Å². The lowest BCUT2D eigenvalue weighted by Crippen LogP contribution is -1.94. The van der Waals surface area contributed by atoms with Gasteiger partial charge in [0.25, 0.3) is 0 Å². The van der Waals surface area contributed by atoms with Crippen molar-refractivity contribution in [1.82, 2.24) is 5.16 Å². The van der Waals surface area contributed by atoms with Crippen molar-refractivity contribution in [2.45, 2.75) is 26.2 Å². The Morgan fingerprint density at radius 1 is 1.26 bits per heavy atom. The number of nitrogens with zero attached hydrogens (tertiary/aromatic N) is 1. The zero-order valence-corrected chi connectivity index (χ0v) is 12.2. The molecule has 0 spiro atoms. The molecule has 0 bridgehead atoms. The Bertz CT molecular complexity index is 629. The number of rotatable bonds is 2. The molecular formula is C14H14Cl2N2O. The quantitative estimate of drug-likeness (QED) is 0.870. The molecule has 2 aromatic rings. The lowest BCUT2D eigenvalue weighted by atomic mass is 10.00. The van der Waals surface area contributed by atoms with Crippen molar-refractivity contribution < 1.29 is 4.52 Å². The number of nitrogens with two attached hydrogens (primary N) is 1. The molecular weight excluding hydrogens is 283 g/mol. The highest BCUT2D eigenvalue weighted by Gasteiger charge is 2.50. The molecule has 1 aromatic carbocycles. The normalized spacial score (nSPS) is 20.5. The average Bonchev–Trinajstić information content (AvgIpc) is 2.78. The van der Waals surface area contributed by atoms with Crippen LogP contribution in [0.4, 0.5) is 5.82 Å². The highest BCUT2D eigenvalue weighted by Crippen LogP contribution is 2.61. The second kappa shape index (κ2) is 4.15. The fourth-order valence-electron chi connectivity index (χ4n) is 2.46. The summed E-state index contributed by atoms with van der Waals surface area (Å²) < 4.78 is 5.43. The van der Waals surface area contributed by atoms with Crippen molar-refractivity contribution in [2.75, 3.05) is 5.73 Å². The molecule has 1 unspecified atom stereocenters. The molecule has 1 fully saturated rings. The third kappa shape index (κ3) is 2.01. The molecule has 1 aliphatic carbocycles. The monoisotopic (exact) mass is 296 g/mol. The SMILES string of the molecule is CC1(C)CC1c1onc(N)c1-c1c(Cl)cccc1Cl. The van der Waals surface area contributed by atoms with Crippen LogP contribution in [0, 0.1) is 5.41 Å². The molecule has 0 saturated heterocycles. The number of benzene rings is 1. The molecule has 5 heteroatoms. The van der Waals surface area contributed by atoms with Gasteiger partial charge in [0.1, 0.15) is 0 Å². The number of anilines is 1. The molecule has 0 radical (unpaired) electrons. The minimum Gasteiger partial charge on any atom is -0.380 e. The summed E-state index contributed by atoms with van der Waals surface area (Å²) in [5.41, 5.74) is 7.61. The van der Waals surface area contributed by atoms with E-state index in [4.69, 9.17) is 33.5 Å². The first-order valence-electron chi connectivity index (χ1n) is 6.11. The van der Waals surface area contributed by atoms with Crippen LogP contribution < -0.4 is 5.73 Å². The van der Waals surface area contributed by atoms with E-state index in [0.717, 1.165) is 17.7 Å². The fourth-order valence-corrected chi connectivity index (χ4v) is 3.04. The smallest absolute Gasteiger partial charge is 0.175 e. The Hall–Kier alpha value is -1.19. The summed E-state index contributed by atoms with van der Waals surface area (Å²) in [4.78, 5) is 0. The average molecular weight is 297 g/mol. The molecule has 1 atom stereocenters. The topological polar surface area (TPSA) is 52.0 Å². The van der Waals surface area contributed by atoms with Crippen LogP contribution in [-0.4, -0.2) is 5.16 Å². The minimum absolute atomic E-state index is 0.217. The van der Waals surface area contributed by atoms with E-state index < -0.39 is 0 Å². The van der Waals surface area contributed by atoms with E-state index in [1.165, 1.54) is 0 Å². The van der Waals surface area contributed by atoms with Crippen LogP contribution in [-0.2, 0) is 0 Å². The Balaban J connectivity index is 2.18. The summed E-state index contributed by atoms with van der Waals surface area (Å²) in [5, 5.41) is 5.00. The van der Waals surface area contributed by atoms with Gasteiger partial charge in [-0.3, -0.25) is 0 Å². The molecule has 1 saturated carbocycles. The molecule has 3 rings (SSSR count). The highest BCUT2D eigenvalue weighted by molar-refractivity contribution is 6.39. The van der Waals surface area contributed by atoms with Gasteiger partial charge in [-0.2, -0.15) is 0 Å². The van der Waals surface area contributed by atoms with Gasteiger partial charge >= 0.3 is 0 Å². The maximum absolute atomic E-state index is 6.25. The Morgan fingerprint density at radius 3 is 2.37 bits per heavy atom. The first-order valence-corrected chi connectivity index (χ1v) is 6.87. The molecule has 0 amide bonds. The van der Waals surface area contributed by atoms with E-state index >= 15 is 0 Å². The largest absolute Gasteiger partial charge is 0.380 e. The summed E-state index contributed by atoms with van der Waals surface area (Å²) in [6.45, 7) is 4.38. The van der Waals surface area contributed by atoms with Gasteiger partial charge in [-0.25, -0.2) is 0 Å².